The van der Waals surface area contributed by atoms with Crippen LogP contribution in [0.3, 0.4) is 0 Å². The van der Waals surface area contributed by atoms with Gasteiger partial charge < -0.3 is 9.47 Å². The van der Waals surface area contributed by atoms with Crippen molar-refractivity contribution in [1.29, 1.82) is 0 Å². The van der Waals surface area contributed by atoms with Crippen LogP contribution in [-0.4, -0.2) is 4.57 Å². The number of fused-ring (bicyclic) bond motifs is 3. The summed E-state index contributed by atoms with van der Waals surface area (Å²) in [6.07, 6.45) is 0. The molecule has 264 valence electrons. The Morgan fingerprint density at radius 3 is 1.23 bits per heavy atom. The van der Waals surface area contributed by atoms with E-state index in [1.165, 1.54) is 66.3 Å². The van der Waals surface area contributed by atoms with Crippen molar-refractivity contribution >= 4 is 38.9 Å². The molecule has 0 spiro atoms. The van der Waals surface area contributed by atoms with Gasteiger partial charge in [-0.3, -0.25) is 0 Å². The minimum absolute atomic E-state index is 1.10. The molecule has 0 aliphatic carbocycles. The highest BCUT2D eigenvalue weighted by molar-refractivity contribution is 6.10. The Labute approximate surface area is 327 Å². The van der Waals surface area contributed by atoms with Crippen molar-refractivity contribution in [3.05, 3.63) is 231 Å². The number of aromatic nitrogens is 1. The average Bonchev–Trinajstić information content (AvgIpc) is 3.62. The van der Waals surface area contributed by atoms with E-state index in [1.807, 2.05) is 0 Å². The van der Waals surface area contributed by atoms with Crippen molar-refractivity contribution < 1.29 is 0 Å². The Morgan fingerprint density at radius 1 is 0.250 bits per heavy atom. The van der Waals surface area contributed by atoms with Gasteiger partial charge in [0.25, 0.3) is 0 Å². The molecule has 9 aromatic carbocycles. The number of hydrogen-bond acceptors (Lipinski definition) is 1. The minimum atomic E-state index is 1.10. The zero-order chi connectivity index (χ0) is 37.3. The molecule has 1 heterocycles. The number of anilines is 3. The zero-order valence-corrected chi connectivity index (χ0v) is 30.8. The number of rotatable bonds is 8. The third kappa shape index (κ3) is 6.24. The fraction of sp³-hybridized carbons (Fsp3) is 0. The Kier molecular flexibility index (Phi) is 8.55. The molecular formula is C54H38N2. The summed E-state index contributed by atoms with van der Waals surface area (Å²) in [6, 6.07) is 82.9. The number of benzene rings is 9. The third-order valence-electron chi connectivity index (χ3n) is 10.8. The van der Waals surface area contributed by atoms with E-state index in [9.17, 15) is 0 Å². The summed E-state index contributed by atoms with van der Waals surface area (Å²) in [5.41, 5.74) is 16.5. The first-order valence-corrected chi connectivity index (χ1v) is 19.2. The monoisotopic (exact) mass is 714 g/mol. The Bertz CT molecular complexity index is 2910. The van der Waals surface area contributed by atoms with Gasteiger partial charge in [0.15, 0.2) is 0 Å². The predicted molar refractivity (Wildman–Crippen MR) is 237 cm³/mol. The molecule has 56 heavy (non-hydrogen) atoms. The highest BCUT2D eigenvalue weighted by Gasteiger charge is 2.16. The first-order chi connectivity index (χ1) is 27.8. The molecule has 0 N–H and O–H groups in total. The highest BCUT2D eigenvalue weighted by Crippen LogP contribution is 2.39. The maximum Gasteiger partial charge on any atom is 0.0541 e. The zero-order valence-electron chi connectivity index (χ0n) is 30.8. The van der Waals surface area contributed by atoms with Gasteiger partial charge in [0.1, 0.15) is 0 Å². The maximum absolute atomic E-state index is 2.39. The largest absolute Gasteiger partial charge is 0.310 e. The first kappa shape index (κ1) is 33.2. The van der Waals surface area contributed by atoms with Crippen molar-refractivity contribution in [2.45, 2.75) is 0 Å². The lowest BCUT2D eigenvalue weighted by molar-refractivity contribution is 1.18. The number of nitrogens with zero attached hydrogens (tertiary/aromatic N) is 2. The lowest BCUT2D eigenvalue weighted by atomic mass is 10.0. The van der Waals surface area contributed by atoms with Crippen LogP contribution in [0.15, 0.2) is 231 Å². The van der Waals surface area contributed by atoms with Gasteiger partial charge in [-0.2, -0.15) is 0 Å². The molecule has 0 unspecified atom stereocenters. The van der Waals surface area contributed by atoms with E-state index in [4.69, 9.17) is 0 Å². The van der Waals surface area contributed by atoms with E-state index in [0.29, 0.717) is 0 Å². The van der Waals surface area contributed by atoms with Crippen molar-refractivity contribution in [3.8, 4) is 50.2 Å². The normalized spacial score (nSPS) is 11.2. The second kappa shape index (κ2) is 14.4. The van der Waals surface area contributed by atoms with Gasteiger partial charge in [0.2, 0.25) is 0 Å². The van der Waals surface area contributed by atoms with E-state index < -0.39 is 0 Å². The summed E-state index contributed by atoms with van der Waals surface area (Å²) in [5.74, 6) is 0. The lowest BCUT2D eigenvalue weighted by Gasteiger charge is -2.26. The molecule has 0 saturated heterocycles. The molecule has 0 saturated carbocycles. The third-order valence-corrected chi connectivity index (χ3v) is 10.8. The first-order valence-electron chi connectivity index (χ1n) is 19.2. The molecule has 2 nitrogen and oxygen atoms in total. The van der Waals surface area contributed by atoms with Crippen molar-refractivity contribution in [2.24, 2.45) is 0 Å². The summed E-state index contributed by atoms with van der Waals surface area (Å²) < 4.78 is 2.39. The van der Waals surface area contributed by atoms with Crippen LogP contribution >= 0.6 is 0 Å². The van der Waals surface area contributed by atoms with Crippen LogP contribution in [0.4, 0.5) is 17.1 Å². The molecule has 2 heteroatoms. The lowest BCUT2D eigenvalue weighted by Crippen LogP contribution is -2.10. The Hall–Kier alpha value is -7.42. The SMILES string of the molecule is c1ccc(-c2ccc(N(c3ccc(-c4ccc(-n5c6ccccc6c6cc(-c7ccccc7)ccc65)cc4)cc3)c3cccc(-c4ccccc4)c3)cc2)cc1. The summed E-state index contributed by atoms with van der Waals surface area (Å²) in [6.45, 7) is 0. The Balaban J connectivity index is 0.993. The molecule has 0 aliphatic rings. The van der Waals surface area contributed by atoms with Crippen LogP contribution in [-0.2, 0) is 0 Å². The van der Waals surface area contributed by atoms with E-state index in [-0.39, 0.29) is 0 Å². The summed E-state index contributed by atoms with van der Waals surface area (Å²) in [7, 11) is 0. The van der Waals surface area contributed by atoms with Crippen molar-refractivity contribution in [1.82, 2.24) is 4.57 Å². The smallest absolute Gasteiger partial charge is 0.0541 e. The summed E-state index contributed by atoms with van der Waals surface area (Å²) >= 11 is 0. The fourth-order valence-electron chi connectivity index (χ4n) is 8.00. The number of hydrogen-bond donors (Lipinski definition) is 0. The maximum atomic E-state index is 2.39. The molecule has 0 amide bonds. The van der Waals surface area contributed by atoms with E-state index in [0.717, 1.165) is 22.7 Å². The van der Waals surface area contributed by atoms with Crippen LogP contribution in [0.1, 0.15) is 0 Å². The molecular weight excluding hydrogens is 677 g/mol. The van der Waals surface area contributed by atoms with Gasteiger partial charge in [0, 0.05) is 33.5 Å². The predicted octanol–water partition coefficient (Wildman–Crippen LogP) is 14.9. The number of para-hydroxylation sites is 1. The van der Waals surface area contributed by atoms with E-state index in [2.05, 4.69) is 240 Å². The molecule has 0 atom stereocenters. The fourth-order valence-corrected chi connectivity index (χ4v) is 8.00. The summed E-state index contributed by atoms with van der Waals surface area (Å²) in [5, 5.41) is 2.52. The van der Waals surface area contributed by atoms with Crippen molar-refractivity contribution in [3.63, 3.8) is 0 Å². The molecule has 10 aromatic rings. The topological polar surface area (TPSA) is 8.17 Å². The quantitative estimate of drug-likeness (QED) is 0.152. The molecule has 0 aliphatic heterocycles. The van der Waals surface area contributed by atoms with Crippen LogP contribution in [0, 0.1) is 0 Å². The second-order valence-corrected chi connectivity index (χ2v) is 14.2. The molecule has 0 radical (unpaired) electrons. The molecule has 0 bridgehead atoms. The van der Waals surface area contributed by atoms with Crippen LogP contribution < -0.4 is 4.90 Å². The van der Waals surface area contributed by atoms with Gasteiger partial charge in [-0.25, -0.2) is 0 Å². The van der Waals surface area contributed by atoms with Crippen molar-refractivity contribution in [2.75, 3.05) is 4.90 Å². The molecule has 0 fully saturated rings. The van der Waals surface area contributed by atoms with Crippen LogP contribution in [0.25, 0.3) is 72.0 Å². The minimum Gasteiger partial charge on any atom is -0.310 e. The van der Waals surface area contributed by atoms with Crippen LogP contribution in [0.5, 0.6) is 0 Å². The van der Waals surface area contributed by atoms with Gasteiger partial charge in [-0.05, 0) is 111 Å². The van der Waals surface area contributed by atoms with Crippen LogP contribution in [0.2, 0.25) is 0 Å². The highest BCUT2D eigenvalue weighted by atomic mass is 15.1. The Morgan fingerprint density at radius 2 is 0.661 bits per heavy atom. The van der Waals surface area contributed by atoms with E-state index >= 15 is 0 Å². The summed E-state index contributed by atoms with van der Waals surface area (Å²) in [4.78, 5) is 2.35. The van der Waals surface area contributed by atoms with Gasteiger partial charge in [-0.15, -0.1) is 0 Å². The molecule has 1 aromatic heterocycles. The average molecular weight is 715 g/mol. The van der Waals surface area contributed by atoms with Gasteiger partial charge in [-0.1, -0.05) is 164 Å². The van der Waals surface area contributed by atoms with Gasteiger partial charge >= 0.3 is 0 Å². The standard InChI is InChI=1S/C54H38N2/c1-4-13-39(14-5-1)42-23-30-47(31-24-42)55(50-20-12-19-45(37-50)40-15-6-2-7-16-40)48-32-25-43(26-33-48)44-27-34-49(35-28-44)56-53-22-11-10-21-51(53)52-38-46(29-36-54(52)56)41-17-8-3-9-18-41/h1-38H. The second-order valence-electron chi connectivity index (χ2n) is 14.2. The molecule has 10 rings (SSSR count). The van der Waals surface area contributed by atoms with E-state index in [1.54, 1.807) is 0 Å². The van der Waals surface area contributed by atoms with Gasteiger partial charge in [0.05, 0.1) is 11.0 Å².